The van der Waals surface area contributed by atoms with Crippen LogP contribution >= 0.6 is 0 Å². The number of carbonyl (C=O) groups excluding carboxylic acids is 3. The number of rotatable bonds is 7. The fourth-order valence-electron chi connectivity index (χ4n) is 2.08. The summed E-state index contributed by atoms with van der Waals surface area (Å²) in [6.45, 7) is 10.00. The number of nitrogens with zero attached hydrogens (tertiary/aromatic N) is 1. The van der Waals surface area contributed by atoms with Crippen LogP contribution in [0.4, 0.5) is 9.59 Å². The third kappa shape index (κ3) is 10.3. The smallest absolute Gasteiger partial charge is 0.430 e. The molecule has 0 spiro atoms. The summed E-state index contributed by atoms with van der Waals surface area (Å²) >= 11 is 0. The molecule has 10 heteroatoms. The second-order valence-electron chi connectivity index (χ2n) is 7.98. The lowest BCUT2D eigenvalue weighted by Gasteiger charge is -2.33. The molecule has 0 heterocycles. The average molecular weight is 406 g/mol. The zero-order valence-corrected chi connectivity index (χ0v) is 18.3. The van der Waals surface area contributed by atoms with Gasteiger partial charge in [0.1, 0.15) is 11.2 Å². The molecule has 0 saturated carbocycles. The second-order valence-corrected chi connectivity index (χ2v) is 7.98. The molecule has 28 heavy (non-hydrogen) atoms. The molecule has 0 bridgehead atoms. The highest BCUT2D eigenvalue weighted by molar-refractivity contribution is 5.83. The van der Waals surface area contributed by atoms with Crippen molar-refractivity contribution >= 4 is 18.2 Å². The molecule has 1 unspecified atom stereocenters. The number of hydrogen-bond acceptors (Lipinski definition) is 8. The van der Waals surface area contributed by atoms with Crippen molar-refractivity contribution in [3.05, 3.63) is 0 Å². The predicted octanol–water partition coefficient (Wildman–Crippen LogP) is 2.60. The number of carbonyl (C=O) groups is 3. The summed E-state index contributed by atoms with van der Waals surface area (Å²) in [6.07, 6.45) is -2.12. The first-order valence-electron chi connectivity index (χ1n) is 8.89. The van der Waals surface area contributed by atoms with E-state index in [9.17, 15) is 14.4 Å². The number of hydrazine groups is 1. The van der Waals surface area contributed by atoms with Crippen molar-refractivity contribution in [1.82, 2.24) is 10.4 Å². The van der Waals surface area contributed by atoms with E-state index in [-0.39, 0.29) is 12.8 Å². The van der Waals surface area contributed by atoms with Gasteiger partial charge in [-0.3, -0.25) is 0 Å². The van der Waals surface area contributed by atoms with Gasteiger partial charge in [-0.05, 0) is 48.0 Å². The van der Waals surface area contributed by atoms with Gasteiger partial charge >= 0.3 is 18.2 Å². The third-order valence-corrected chi connectivity index (χ3v) is 3.19. The first-order valence-corrected chi connectivity index (χ1v) is 8.89. The molecule has 2 amide bonds. The van der Waals surface area contributed by atoms with Crippen molar-refractivity contribution in [2.45, 2.75) is 77.9 Å². The number of amides is 2. The van der Waals surface area contributed by atoms with E-state index in [4.69, 9.17) is 23.7 Å². The topological polar surface area (TPSA) is 113 Å². The molecule has 0 aliphatic carbocycles. The van der Waals surface area contributed by atoms with Crippen LogP contribution in [0.25, 0.3) is 0 Å². The average Bonchev–Trinajstić information content (AvgIpc) is 2.53. The number of ether oxygens (including phenoxy) is 5. The second kappa shape index (κ2) is 11.1. The Kier molecular flexibility index (Phi) is 10.2. The minimum Gasteiger partial charge on any atom is -0.467 e. The summed E-state index contributed by atoms with van der Waals surface area (Å²) in [5, 5.41) is 0.771. The lowest BCUT2D eigenvalue weighted by molar-refractivity contribution is -0.150. The summed E-state index contributed by atoms with van der Waals surface area (Å²) in [7, 11) is 4.08. The molecule has 10 nitrogen and oxygen atoms in total. The molecule has 0 fully saturated rings. The Labute approximate surface area is 166 Å². The Morgan fingerprint density at radius 3 is 1.75 bits per heavy atom. The minimum atomic E-state index is -1.18. The highest BCUT2D eigenvalue weighted by atomic mass is 16.7. The van der Waals surface area contributed by atoms with Gasteiger partial charge in [0.25, 0.3) is 0 Å². The summed E-state index contributed by atoms with van der Waals surface area (Å²) < 4.78 is 25.5. The van der Waals surface area contributed by atoms with E-state index < -0.39 is 41.7 Å². The Morgan fingerprint density at radius 2 is 1.36 bits per heavy atom. The number of methoxy groups -OCH3 is 3. The van der Waals surface area contributed by atoms with Crippen LogP contribution in [0.2, 0.25) is 0 Å². The van der Waals surface area contributed by atoms with Gasteiger partial charge in [-0.25, -0.2) is 24.8 Å². The van der Waals surface area contributed by atoms with Crippen LogP contribution in [0.15, 0.2) is 0 Å². The maximum absolute atomic E-state index is 12.7. The summed E-state index contributed by atoms with van der Waals surface area (Å²) in [6, 6.07) is -1.18. The van der Waals surface area contributed by atoms with Gasteiger partial charge in [0.2, 0.25) is 0 Å². The molecule has 1 N–H and O–H groups in total. The summed E-state index contributed by atoms with van der Waals surface area (Å²) in [4.78, 5) is 37.2. The number of nitrogens with one attached hydrogen (secondary N) is 1. The van der Waals surface area contributed by atoms with Gasteiger partial charge in [0, 0.05) is 20.6 Å². The van der Waals surface area contributed by atoms with E-state index in [2.05, 4.69) is 5.43 Å². The number of hydrogen-bond donors (Lipinski definition) is 1. The zero-order valence-electron chi connectivity index (χ0n) is 18.3. The quantitative estimate of drug-likeness (QED) is 0.297. The maximum Gasteiger partial charge on any atom is 0.430 e. The van der Waals surface area contributed by atoms with Gasteiger partial charge in [-0.1, -0.05) is 0 Å². The molecule has 0 aliphatic rings. The first-order chi connectivity index (χ1) is 12.7. The molecule has 1 atom stereocenters. The first kappa shape index (κ1) is 25.9. The van der Waals surface area contributed by atoms with Crippen LogP contribution in [-0.4, -0.2) is 68.0 Å². The van der Waals surface area contributed by atoms with Gasteiger partial charge < -0.3 is 23.7 Å². The Bertz CT molecular complexity index is 521. The molecular weight excluding hydrogens is 372 g/mol. The molecule has 0 aromatic carbocycles. The normalized spacial score (nSPS) is 12.9. The molecule has 0 aromatic heterocycles. The van der Waals surface area contributed by atoms with Gasteiger partial charge in [0.15, 0.2) is 12.3 Å². The van der Waals surface area contributed by atoms with E-state index >= 15 is 0 Å². The number of esters is 1. The SMILES string of the molecule is COC(=O)C(CCC(OC)OC)N(NC(=O)OC(C)(C)C)C(=O)OC(C)(C)C. The predicted molar refractivity (Wildman–Crippen MR) is 100 cm³/mol. The van der Waals surface area contributed by atoms with Crippen LogP contribution in [0.3, 0.4) is 0 Å². The fraction of sp³-hybridized carbons (Fsp3) is 0.833. The van der Waals surface area contributed by atoms with Crippen molar-refractivity contribution in [2.75, 3.05) is 21.3 Å². The van der Waals surface area contributed by atoms with Crippen LogP contribution in [-0.2, 0) is 28.5 Å². The van der Waals surface area contributed by atoms with E-state index in [0.717, 1.165) is 5.01 Å². The van der Waals surface area contributed by atoms with Crippen molar-refractivity contribution in [1.29, 1.82) is 0 Å². The van der Waals surface area contributed by atoms with E-state index in [1.165, 1.54) is 21.3 Å². The monoisotopic (exact) mass is 406 g/mol. The standard InChI is InChI=1S/C18H34N2O8/c1-17(2,3)27-15(22)19-20(16(23)28-18(4,5)6)12(14(21)26-9)10-11-13(24-7)25-8/h12-13H,10-11H2,1-9H3,(H,19,22). The highest BCUT2D eigenvalue weighted by Gasteiger charge is 2.36. The molecule has 0 saturated heterocycles. The van der Waals surface area contributed by atoms with Crippen LogP contribution in [0.5, 0.6) is 0 Å². The fourth-order valence-corrected chi connectivity index (χ4v) is 2.08. The van der Waals surface area contributed by atoms with Crippen LogP contribution in [0.1, 0.15) is 54.4 Å². The summed E-state index contributed by atoms with van der Waals surface area (Å²) in [5.41, 5.74) is 0.628. The van der Waals surface area contributed by atoms with Gasteiger partial charge in [0.05, 0.1) is 7.11 Å². The molecular formula is C18H34N2O8. The largest absolute Gasteiger partial charge is 0.467 e. The molecule has 0 aromatic rings. The minimum absolute atomic E-state index is 0.0774. The zero-order chi connectivity index (χ0) is 22.1. The van der Waals surface area contributed by atoms with Crippen molar-refractivity contribution in [3.63, 3.8) is 0 Å². The van der Waals surface area contributed by atoms with Crippen LogP contribution in [0, 0.1) is 0 Å². The van der Waals surface area contributed by atoms with Gasteiger partial charge in [-0.15, -0.1) is 0 Å². The summed E-state index contributed by atoms with van der Waals surface area (Å²) in [5.74, 6) is -0.743. The molecule has 0 rings (SSSR count). The Morgan fingerprint density at radius 1 is 0.857 bits per heavy atom. The Hall–Kier alpha value is -2.07. The van der Waals surface area contributed by atoms with Crippen LogP contribution < -0.4 is 5.43 Å². The molecule has 0 radical (unpaired) electrons. The molecule has 164 valence electrons. The highest BCUT2D eigenvalue weighted by Crippen LogP contribution is 2.17. The lowest BCUT2D eigenvalue weighted by Crippen LogP contribution is -2.57. The Balaban J connectivity index is 5.64. The van der Waals surface area contributed by atoms with E-state index in [0.29, 0.717) is 0 Å². The lowest BCUT2D eigenvalue weighted by atomic mass is 10.1. The van der Waals surface area contributed by atoms with Crippen molar-refractivity contribution in [2.24, 2.45) is 0 Å². The maximum atomic E-state index is 12.7. The van der Waals surface area contributed by atoms with Crippen molar-refractivity contribution in [3.8, 4) is 0 Å². The molecule has 0 aliphatic heterocycles. The van der Waals surface area contributed by atoms with E-state index in [1.807, 2.05) is 0 Å². The van der Waals surface area contributed by atoms with E-state index in [1.54, 1.807) is 41.5 Å². The van der Waals surface area contributed by atoms with Gasteiger partial charge in [-0.2, -0.15) is 0 Å². The third-order valence-electron chi connectivity index (χ3n) is 3.19. The van der Waals surface area contributed by atoms with Crippen molar-refractivity contribution < 1.29 is 38.1 Å².